The number of nitrogens with zero attached hydrogens (tertiary/aromatic N) is 1. The molecule has 1 aromatic heterocycles. The highest BCUT2D eigenvalue weighted by molar-refractivity contribution is 5.50. The molecule has 4 heteroatoms. The first-order chi connectivity index (χ1) is 9.74. The minimum atomic E-state index is 0.175. The summed E-state index contributed by atoms with van der Waals surface area (Å²) < 4.78 is 11.2. The molecule has 0 saturated heterocycles. The number of aromatic nitrogens is 1. The third-order valence-corrected chi connectivity index (χ3v) is 3.45. The van der Waals surface area contributed by atoms with Crippen molar-refractivity contribution >= 4 is 5.69 Å². The Morgan fingerprint density at radius 2 is 1.95 bits per heavy atom. The summed E-state index contributed by atoms with van der Waals surface area (Å²) in [6.45, 7) is 5.35. The van der Waals surface area contributed by atoms with Gasteiger partial charge < -0.3 is 14.8 Å². The number of ether oxygens (including phenoxy) is 2. The van der Waals surface area contributed by atoms with Crippen LogP contribution in [0.25, 0.3) is 0 Å². The lowest BCUT2D eigenvalue weighted by Crippen LogP contribution is -2.16. The van der Waals surface area contributed by atoms with Crippen LogP contribution in [0.4, 0.5) is 5.69 Å². The molecule has 0 amide bonds. The van der Waals surface area contributed by atoms with Crippen molar-refractivity contribution in [1.29, 1.82) is 0 Å². The summed E-state index contributed by atoms with van der Waals surface area (Å²) in [5, 5.41) is 3.47. The monoisotopic (exact) mass is 270 g/mol. The van der Waals surface area contributed by atoms with Gasteiger partial charge in [-0.3, -0.25) is 4.98 Å². The molecule has 2 heterocycles. The first-order valence-corrected chi connectivity index (χ1v) is 6.82. The van der Waals surface area contributed by atoms with E-state index < -0.39 is 0 Å². The van der Waals surface area contributed by atoms with E-state index in [9.17, 15) is 0 Å². The summed E-state index contributed by atoms with van der Waals surface area (Å²) in [6.07, 6.45) is 1.80. The van der Waals surface area contributed by atoms with Gasteiger partial charge in [0.15, 0.2) is 11.5 Å². The molecule has 3 rings (SSSR count). The lowest BCUT2D eigenvalue weighted by atomic mass is 10.1. The van der Waals surface area contributed by atoms with Crippen LogP contribution in [0.5, 0.6) is 11.5 Å². The van der Waals surface area contributed by atoms with Crippen molar-refractivity contribution in [2.45, 2.75) is 19.9 Å². The van der Waals surface area contributed by atoms with E-state index in [1.807, 2.05) is 31.2 Å². The molecule has 20 heavy (non-hydrogen) atoms. The van der Waals surface area contributed by atoms with Crippen molar-refractivity contribution < 1.29 is 9.47 Å². The Balaban J connectivity index is 1.80. The standard InChI is InChI=1S/C16H18N2O2/c1-11(18-14-4-3-7-17-12(14)2)13-5-6-15-16(10-13)20-9-8-19-15/h3-7,10-11,18H,8-9H2,1-2H3/t11-/m0/s1. The van der Waals surface area contributed by atoms with Crippen LogP contribution < -0.4 is 14.8 Å². The van der Waals surface area contributed by atoms with Crippen molar-refractivity contribution in [3.8, 4) is 11.5 Å². The first-order valence-electron chi connectivity index (χ1n) is 6.82. The number of benzene rings is 1. The number of fused-ring (bicyclic) bond motifs is 1. The Morgan fingerprint density at radius 1 is 1.15 bits per heavy atom. The molecule has 0 aliphatic carbocycles. The average Bonchev–Trinajstić information content (AvgIpc) is 2.49. The van der Waals surface area contributed by atoms with E-state index >= 15 is 0 Å². The van der Waals surface area contributed by atoms with Gasteiger partial charge in [0.2, 0.25) is 0 Å². The van der Waals surface area contributed by atoms with Crippen LogP contribution in [0, 0.1) is 6.92 Å². The van der Waals surface area contributed by atoms with E-state index in [1.165, 1.54) is 0 Å². The van der Waals surface area contributed by atoms with Crippen LogP contribution in [0.1, 0.15) is 24.2 Å². The van der Waals surface area contributed by atoms with E-state index in [4.69, 9.17) is 9.47 Å². The van der Waals surface area contributed by atoms with Gasteiger partial charge in [-0.05, 0) is 43.7 Å². The fourth-order valence-corrected chi connectivity index (χ4v) is 2.28. The number of aryl methyl sites for hydroxylation is 1. The van der Waals surface area contributed by atoms with Crippen LogP contribution in [-0.4, -0.2) is 18.2 Å². The Bertz CT molecular complexity index is 613. The molecule has 1 N–H and O–H groups in total. The maximum absolute atomic E-state index is 5.62. The molecule has 1 atom stereocenters. The molecule has 0 bridgehead atoms. The normalized spacial score (nSPS) is 14.7. The van der Waals surface area contributed by atoms with Gasteiger partial charge in [0.25, 0.3) is 0 Å². The predicted octanol–water partition coefficient (Wildman–Crippen LogP) is 3.33. The van der Waals surface area contributed by atoms with Gasteiger partial charge in [0.05, 0.1) is 11.4 Å². The molecular weight excluding hydrogens is 252 g/mol. The molecule has 1 aliphatic rings. The van der Waals surface area contributed by atoms with Crippen LogP contribution >= 0.6 is 0 Å². The predicted molar refractivity (Wildman–Crippen MR) is 78.4 cm³/mol. The summed E-state index contributed by atoms with van der Waals surface area (Å²) >= 11 is 0. The van der Waals surface area contributed by atoms with Gasteiger partial charge in [-0.2, -0.15) is 0 Å². The molecule has 1 aromatic carbocycles. The fraction of sp³-hybridized carbons (Fsp3) is 0.312. The maximum atomic E-state index is 5.62. The van der Waals surface area contributed by atoms with Crippen molar-refractivity contribution in [2.75, 3.05) is 18.5 Å². The summed E-state index contributed by atoms with van der Waals surface area (Å²) in [5.41, 5.74) is 3.21. The Morgan fingerprint density at radius 3 is 2.75 bits per heavy atom. The zero-order chi connectivity index (χ0) is 13.9. The Kier molecular flexibility index (Phi) is 3.46. The van der Waals surface area contributed by atoms with Crippen LogP contribution in [0.3, 0.4) is 0 Å². The van der Waals surface area contributed by atoms with Gasteiger partial charge in [0.1, 0.15) is 13.2 Å². The second-order valence-corrected chi connectivity index (χ2v) is 4.91. The topological polar surface area (TPSA) is 43.4 Å². The first kappa shape index (κ1) is 12.8. The van der Waals surface area contributed by atoms with Gasteiger partial charge >= 0.3 is 0 Å². The zero-order valence-corrected chi connectivity index (χ0v) is 11.7. The highest BCUT2D eigenvalue weighted by atomic mass is 16.6. The molecule has 0 spiro atoms. The van der Waals surface area contributed by atoms with Gasteiger partial charge in [-0.15, -0.1) is 0 Å². The summed E-state index contributed by atoms with van der Waals surface area (Å²) in [6, 6.07) is 10.2. The number of rotatable bonds is 3. The second-order valence-electron chi connectivity index (χ2n) is 4.91. The third kappa shape index (κ3) is 2.54. The highest BCUT2D eigenvalue weighted by Gasteiger charge is 2.14. The molecule has 0 unspecified atom stereocenters. The molecular formula is C16H18N2O2. The summed E-state index contributed by atoms with van der Waals surface area (Å²) in [4.78, 5) is 4.29. The van der Waals surface area contributed by atoms with Gasteiger partial charge in [-0.25, -0.2) is 0 Å². The summed E-state index contributed by atoms with van der Waals surface area (Å²) in [7, 11) is 0. The second kappa shape index (κ2) is 5.41. The number of nitrogens with one attached hydrogen (secondary N) is 1. The number of pyridine rings is 1. The molecule has 4 nitrogen and oxygen atoms in total. The maximum Gasteiger partial charge on any atom is 0.161 e. The van der Waals surface area contributed by atoms with E-state index in [-0.39, 0.29) is 6.04 Å². The highest BCUT2D eigenvalue weighted by Crippen LogP contribution is 2.33. The largest absolute Gasteiger partial charge is 0.486 e. The van der Waals surface area contributed by atoms with Crippen LogP contribution in [-0.2, 0) is 0 Å². The lowest BCUT2D eigenvalue weighted by molar-refractivity contribution is 0.171. The zero-order valence-electron chi connectivity index (χ0n) is 11.7. The van der Waals surface area contributed by atoms with Crippen LogP contribution in [0.2, 0.25) is 0 Å². The number of hydrogen-bond acceptors (Lipinski definition) is 4. The fourth-order valence-electron chi connectivity index (χ4n) is 2.28. The van der Waals surface area contributed by atoms with Crippen LogP contribution in [0.15, 0.2) is 36.5 Å². The van der Waals surface area contributed by atoms with Crippen molar-refractivity contribution in [2.24, 2.45) is 0 Å². The van der Waals surface area contributed by atoms with Gasteiger partial charge in [0, 0.05) is 12.2 Å². The van der Waals surface area contributed by atoms with E-state index in [0.717, 1.165) is 28.4 Å². The minimum absolute atomic E-state index is 0.175. The van der Waals surface area contributed by atoms with Crippen molar-refractivity contribution in [3.63, 3.8) is 0 Å². The molecule has 0 fully saturated rings. The SMILES string of the molecule is Cc1ncccc1N[C@@H](C)c1ccc2c(c1)OCCO2. The van der Waals surface area contributed by atoms with E-state index in [0.29, 0.717) is 13.2 Å². The molecule has 0 radical (unpaired) electrons. The average molecular weight is 270 g/mol. The van der Waals surface area contributed by atoms with E-state index in [2.05, 4.69) is 23.3 Å². The van der Waals surface area contributed by atoms with E-state index in [1.54, 1.807) is 6.20 Å². The third-order valence-electron chi connectivity index (χ3n) is 3.45. The Labute approximate surface area is 118 Å². The molecule has 2 aromatic rings. The van der Waals surface area contributed by atoms with Gasteiger partial charge in [-0.1, -0.05) is 6.07 Å². The smallest absolute Gasteiger partial charge is 0.161 e. The molecule has 104 valence electrons. The Hall–Kier alpha value is -2.23. The lowest BCUT2D eigenvalue weighted by Gasteiger charge is -2.22. The quantitative estimate of drug-likeness (QED) is 0.929. The molecule has 0 saturated carbocycles. The van der Waals surface area contributed by atoms with Crippen molar-refractivity contribution in [1.82, 2.24) is 4.98 Å². The molecule has 1 aliphatic heterocycles. The summed E-state index contributed by atoms with van der Waals surface area (Å²) in [5.74, 6) is 1.65. The number of hydrogen-bond donors (Lipinski definition) is 1. The number of anilines is 1. The minimum Gasteiger partial charge on any atom is -0.486 e. The van der Waals surface area contributed by atoms with Crippen molar-refractivity contribution in [3.05, 3.63) is 47.8 Å².